The number of nitrogens with zero attached hydrogens (tertiary/aromatic N) is 1. The number of aliphatic hydroxyl groups is 1. The van der Waals surface area contributed by atoms with Gasteiger partial charge in [-0.25, -0.2) is 0 Å². The molecule has 6 heteroatoms. The Labute approximate surface area is 119 Å². The maximum atomic E-state index is 12.3. The molecule has 1 aliphatic heterocycles. The number of carbonyl (C=O) groups excluding carboxylic acids is 2. The lowest BCUT2D eigenvalue weighted by Crippen LogP contribution is -2.50. The molecular weight excluding hydrogens is 260 g/mol. The molecule has 0 aromatic carbocycles. The van der Waals surface area contributed by atoms with Gasteiger partial charge in [0, 0.05) is 26.2 Å². The van der Waals surface area contributed by atoms with Crippen LogP contribution in [0, 0.1) is 5.92 Å². The zero-order valence-electron chi connectivity index (χ0n) is 12.0. The second-order valence-electron chi connectivity index (χ2n) is 5.64. The molecule has 2 amide bonds. The van der Waals surface area contributed by atoms with Gasteiger partial charge in [-0.15, -0.1) is 0 Å². The number of rotatable bonds is 7. The van der Waals surface area contributed by atoms with Crippen molar-refractivity contribution in [3.63, 3.8) is 0 Å². The zero-order chi connectivity index (χ0) is 14.5. The van der Waals surface area contributed by atoms with Gasteiger partial charge in [-0.1, -0.05) is 0 Å². The average Bonchev–Trinajstić information content (AvgIpc) is 3.15. The molecule has 1 saturated heterocycles. The molecule has 2 aliphatic rings. The molecule has 20 heavy (non-hydrogen) atoms. The van der Waals surface area contributed by atoms with Gasteiger partial charge in [-0.2, -0.15) is 0 Å². The minimum absolute atomic E-state index is 0.00366. The van der Waals surface area contributed by atoms with Crippen LogP contribution in [0.25, 0.3) is 0 Å². The van der Waals surface area contributed by atoms with Gasteiger partial charge in [0.05, 0.1) is 12.6 Å². The lowest BCUT2D eigenvalue weighted by atomic mass is 10.1. The van der Waals surface area contributed by atoms with Crippen LogP contribution in [0.15, 0.2) is 0 Å². The third-order valence-electron chi connectivity index (χ3n) is 3.96. The summed E-state index contributed by atoms with van der Waals surface area (Å²) in [6.45, 7) is 1.06. The molecule has 6 nitrogen and oxygen atoms in total. The van der Waals surface area contributed by atoms with E-state index < -0.39 is 0 Å². The van der Waals surface area contributed by atoms with Gasteiger partial charge in [-0.05, 0) is 32.1 Å². The number of hydrogen-bond acceptors (Lipinski definition) is 4. The Bertz CT molecular complexity index is 351. The number of hydrogen-bond donors (Lipinski definition) is 2. The van der Waals surface area contributed by atoms with Crippen LogP contribution >= 0.6 is 0 Å². The molecule has 0 bridgehead atoms. The Morgan fingerprint density at radius 2 is 2.15 bits per heavy atom. The van der Waals surface area contributed by atoms with Crippen molar-refractivity contribution in [2.45, 2.75) is 44.2 Å². The van der Waals surface area contributed by atoms with Crippen molar-refractivity contribution in [3.05, 3.63) is 0 Å². The molecule has 114 valence electrons. The Morgan fingerprint density at radius 1 is 1.40 bits per heavy atom. The van der Waals surface area contributed by atoms with E-state index in [4.69, 9.17) is 9.84 Å². The predicted octanol–water partition coefficient (Wildman–Crippen LogP) is -0.0990. The van der Waals surface area contributed by atoms with Crippen LogP contribution in [-0.4, -0.2) is 60.8 Å². The Balaban J connectivity index is 1.90. The summed E-state index contributed by atoms with van der Waals surface area (Å²) < 4.78 is 5.04. The van der Waals surface area contributed by atoms with Crippen molar-refractivity contribution in [1.29, 1.82) is 0 Å². The predicted molar refractivity (Wildman–Crippen MR) is 73.0 cm³/mol. The molecule has 1 saturated carbocycles. The lowest BCUT2D eigenvalue weighted by molar-refractivity contribution is -0.139. The minimum atomic E-state index is -0.346. The van der Waals surface area contributed by atoms with Crippen LogP contribution < -0.4 is 5.32 Å². The number of nitrogens with one attached hydrogen (secondary N) is 1. The summed E-state index contributed by atoms with van der Waals surface area (Å²) in [5.41, 5.74) is 0. The fourth-order valence-corrected chi connectivity index (χ4v) is 2.72. The van der Waals surface area contributed by atoms with Crippen molar-refractivity contribution >= 4 is 11.8 Å². The molecule has 0 radical (unpaired) electrons. The highest BCUT2D eigenvalue weighted by Crippen LogP contribution is 2.33. The molecule has 2 rings (SSSR count). The highest BCUT2D eigenvalue weighted by Gasteiger charge is 2.41. The van der Waals surface area contributed by atoms with Gasteiger partial charge in [0.1, 0.15) is 6.04 Å². The number of aliphatic hydroxyl groups excluding tert-OH is 1. The van der Waals surface area contributed by atoms with Crippen LogP contribution in [-0.2, 0) is 14.3 Å². The van der Waals surface area contributed by atoms with Crippen molar-refractivity contribution < 1.29 is 19.4 Å². The quantitative estimate of drug-likeness (QED) is 0.684. The molecule has 2 N–H and O–H groups in total. The van der Waals surface area contributed by atoms with Crippen molar-refractivity contribution in [2.24, 2.45) is 5.92 Å². The smallest absolute Gasteiger partial charge is 0.243 e. The summed E-state index contributed by atoms with van der Waals surface area (Å²) in [5, 5.41) is 11.9. The van der Waals surface area contributed by atoms with Crippen molar-refractivity contribution in [1.82, 2.24) is 10.2 Å². The summed E-state index contributed by atoms with van der Waals surface area (Å²) in [6, 6.07) is -0.544. The van der Waals surface area contributed by atoms with Crippen molar-refractivity contribution in [2.75, 3.05) is 26.9 Å². The topological polar surface area (TPSA) is 78.9 Å². The van der Waals surface area contributed by atoms with Crippen LogP contribution in [0.5, 0.6) is 0 Å². The normalized spacial score (nSPS) is 23.7. The highest BCUT2D eigenvalue weighted by atomic mass is 16.5. The first-order valence-corrected chi connectivity index (χ1v) is 7.38. The Morgan fingerprint density at radius 3 is 2.75 bits per heavy atom. The average molecular weight is 284 g/mol. The number of methoxy groups -OCH3 is 1. The van der Waals surface area contributed by atoms with Crippen LogP contribution in [0.1, 0.15) is 32.1 Å². The third-order valence-corrected chi connectivity index (χ3v) is 3.96. The highest BCUT2D eigenvalue weighted by molar-refractivity contribution is 5.90. The first kappa shape index (κ1) is 15.3. The van der Waals surface area contributed by atoms with E-state index in [1.54, 1.807) is 12.0 Å². The molecule has 0 spiro atoms. The monoisotopic (exact) mass is 284 g/mol. The van der Waals surface area contributed by atoms with Crippen LogP contribution in [0.4, 0.5) is 0 Å². The van der Waals surface area contributed by atoms with Crippen LogP contribution in [0.3, 0.4) is 0 Å². The summed E-state index contributed by atoms with van der Waals surface area (Å²) in [5.74, 6) is 0.163. The van der Waals surface area contributed by atoms with Crippen molar-refractivity contribution in [3.8, 4) is 0 Å². The lowest BCUT2D eigenvalue weighted by Gasteiger charge is -2.26. The number of amides is 2. The standard InChI is InChI=1S/C14H24N2O4/c1-20-9-11(6-8-17)15-13(18)12-3-2-7-16(12)14(19)10-4-5-10/h10-12,17H,2-9H2,1H3,(H,15,18). The molecule has 1 aliphatic carbocycles. The number of likely N-dealkylation sites (tertiary alicyclic amines) is 1. The minimum Gasteiger partial charge on any atom is -0.396 e. The molecule has 0 aromatic rings. The van der Waals surface area contributed by atoms with Gasteiger partial charge in [0.15, 0.2) is 0 Å². The van der Waals surface area contributed by atoms with Gasteiger partial charge in [0.25, 0.3) is 0 Å². The molecule has 2 atom stereocenters. The molecule has 2 fully saturated rings. The van der Waals surface area contributed by atoms with Gasteiger partial charge < -0.3 is 20.1 Å². The maximum Gasteiger partial charge on any atom is 0.243 e. The fourth-order valence-electron chi connectivity index (χ4n) is 2.72. The van der Waals surface area contributed by atoms with E-state index in [0.717, 1.165) is 25.7 Å². The Kier molecular flexibility index (Phi) is 5.37. The Hall–Kier alpha value is -1.14. The van der Waals surface area contributed by atoms with E-state index in [1.807, 2.05) is 0 Å². The molecular formula is C14H24N2O4. The van der Waals surface area contributed by atoms with E-state index in [0.29, 0.717) is 19.6 Å². The fraction of sp³-hybridized carbons (Fsp3) is 0.857. The van der Waals surface area contributed by atoms with E-state index in [2.05, 4.69) is 5.32 Å². The second-order valence-corrected chi connectivity index (χ2v) is 5.64. The third kappa shape index (κ3) is 3.70. The number of carbonyl (C=O) groups is 2. The zero-order valence-corrected chi connectivity index (χ0v) is 12.0. The summed E-state index contributed by atoms with van der Waals surface area (Å²) in [6.07, 6.45) is 3.98. The SMILES string of the molecule is COCC(CCO)NC(=O)C1CCCN1C(=O)C1CC1. The molecule has 1 heterocycles. The summed E-state index contributed by atoms with van der Waals surface area (Å²) in [7, 11) is 1.56. The molecule has 2 unspecified atom stereocenters. The largest absolute Gasteiger partial charge is 0.396 e. The van der Waals surface area contributed by atoms with E-state index in [9.17, 15) is 9.59 Å². The van der Waals surface area contributed by atoms with Gasteiger partial charge in [-0.3, -0.25) is 9.59 Å². The second kappa shape index (κ2) is 7.04. The van der Waals surface area contributed by atoms with Gasteiger partial charge >= 0.3 is 0 Å². The van der Waals surface area contributed by atoms with Crippen LogP contribution in [0.2, 0.25) is 0 Å². The summed E-state index contributed by atoms with van der Waals surface area (Å²) in [4.78, 5) is 26.2. The van der Waals surface area contributed by atoms with Gasteiger partial charge in [0.2, 0.25) is 11.8 Å². The first-order valence-electron chi connectivity index (χ1n) is 7.38. The maximum absolute atomic E-state index is 12.3. The van der Waals surface area contributed by atoms with E-state index in [-0.39, 0.29) is 36.4 Å². The summed E-state index contributed by atoms with van der Waals surface area (Å²) >= 11 is 0. The first-order chi connectivity index (χ1) is 9.67. The number of ether oxygens (including phenoxy) is 1. The van der Waals surface area contributed by atoms with E-state index in [1.165, 1.54) is 0 Å². The molecule has 0 aromatic heterocycles. The van der Waals surface area contributed by atoms with E-state index >= 15 is 0 Å².